The SMILES string of the molecule is C=Nc1cc(Cl)c(N2CCC(F)(F)CC2)c(Cl)c1N(Cc1ccc(SCC2CC2)cc1)C(=O)OC(C)(C)C. The number of benzene rings is 2. The highest BCUT2D eigenvalue weighted by molar-refractivity contribution is 7.99. The van der Waals surface area contributed by atoms with E-state index in [0.717, 1.165) is 17.2 Å². The number of hydrogen-bond donors (Lipinski definition) is 0. The van der Waals surface area contributed by atoms with Crippen LogP contribution >= 0.6 is 35.0 Å². The van der Waals surface area contributed by atoms with Gasteiger partial charge < -0.3 is 9.64 Å². The summed E-state index contributed by atoms with van der Waals surface area (Å²) in [7, 11) is 0. The number of anilines is 2. The predicted molar refractivity (Wildman–Crippen MR) is 154 cm³/mol. The molecule has 0 N–H and O–H groups in total. The summed E-state index contributed by atoms with van der Waals surface area (Å²) in [5, 5.41) is 0.403. The summed E-state index contributed by atoms with van der Waals surface area (Å²) in [6, 6.07) is 9.61. The van der Waals surface area contributed by atoms with Crippen molar-refractivity contribution in [2.24, 2.45) is 10.9 Å². The van der Waals surface area contributed by atoms with Crippen LogP contribution in [0.5, 0.6) is 0 Å². The highest BCUT2D eigenvalue weighted by atomic mass is 35.5. The van der Waals surface area contributed by atoms with Crippen LogP contribution in [0.4, 0.5) is 30.6 Å². The van der Waals surface area contributed by atoms with Gasteiger partial charge in [0.2, 0.25) is 0 Å². The number of carbonyl (C=O) groups excluding carboxylic acids is 1. The van der Waals surface area contributed by atoms with Gasteiger partial charge in [-0.25, -0.2) is 13.6 Å². The second-order valence-electron chi connectivity index (χ2n) is 10.9. The van der Waals surface area contributed by atoms with Gasteiger partial charge in [0.25, 0.3) is 5.92 Å². The van der Waals surface area contributed by atoms with Gasteiger partial charge >= 0.3 is 6.09 Å². The van der Waals surface area contributed by atoms with E-state index in [9.17, 15) is 13.6 Å². The molecule has 0 radical (unpaired) electrons. The summed E-state index contributed by atoms with van der Waals surface area (Å²) in [5.41, 5.74) is 1.08. The molecule has 1 saturated carbocycles. The summed E-state index contributed by atoms with van der Waals surface area (Å²) in [6.07, 6.45) is 1.38. The maximum atomic E-state index is 13.9. The Morgan fingerprint density at radius 3 is 2.39 bits per heavy atom. The minimum atomic E-state index is -2.73. The van der Waals surface area contributed by atoms with Gasteiger partial charge in [0.15, 0.2) is 0 Å². The third kappa shape index (κ3) is 7.33. The Kier molecular flexibility index (Phi) is 8.85. The zero-order valence-electron chi connectivity index (χ0n) is 21.9. The number of carbonyl (C=O) groups is 1. The van der Waals surface area contributed by atoms with Gasteiger partial charge in [-0.05, 0) is 70.0 Å². The van der Waals surface area contributed by atoms with Crippen molar-refractivity contribution in [2.75, 3.05) is 28.6 Å². The van der Waals surface area contributed by atoms with E-state index < -0.39 is 17.6 Å². The number of ether oxygens (including phenoxy) is 1. The molecule has 2 aliphatic rings. The van der Waals surface area contributed by atoms with Crippen molar-refractivity contribution >= 4 is 64.8 Å². The first-order valence-electron chi connectivity index (χ1n) is 12.7. The van der Waals surface area contributed by atoms with Crippen LogP contribution in [-0.2, 0) is 11.3 Å². The predicted octanol–water partition coefficient (Wildman–Crippen LogP) is 9.00. The third-order valence-electron chi connectivity index (χ3n) is 6.46. The summed E-state index contributed by atoms with van der Waals surface area (Å²) >= 11 is 15.3. The van der Waals surface area contributed by atoms with Crippen LogP contribution in [0, 0.1) is 5.92 Å². The van der Waals surface area contributed by atoms with Crippen molar-refractivity contribution in [3.63, 3.8) is 0 Å². The molecule has 38 heavy (non-hydrogen) atoms. The molecule has 10 heteroatoms. The van der Waals surface area contributed by atoms with E-state index in [0.29, 0.717) is 11.4 Å². The summed E-state index contributed by atoms with van der Waals surface area (Å²) in [6.45, 7) is 9.32. The highest BCUT2D eigenvalue weighted by Crippen LogP contribution is 2.48. The topological polar surface area (TPSA) is 45.1 Å². The molecule has 0 unspecified atom stereocenters. The van der Waals surface area contributed by atoms with Crippen LogP contribution in [0.1, 0.15) is 52.0 Å². The Morgan fingerprint density at radius 1 is 1.21 bits per heavy atom. The molecule has 0 bridgehead atoms. The number of alkyl halides is 2. The molecular weight excluding hydrogens is 551 g/mol. The highest BCUT2D eigenvalue weighted by Gasteiger charge is 2.37. The lowest BCUT2D eigenvalue weighted by Crippen LogP contribution is -2.40. The lowest BCUT2D eigenvalue weighted by atomic mass is 10.1. The first-order chi connectivity index (χ1) is 17.9. The molecule has 1 saturated heterocycles. The zero-order valence-corrected chi connectivity index (χ0v) is 24.2. The standard InChI is InChI=1S/C28H33Cl2F2N3O2S/c1-27(2,3)37-26(36)35(16-18-7-9-20(10-8-18)38-17-19-5-6-19)25-22(33-4)15-21(29)24(23(25)30)34-13-11-28(31,32)12-14-34/h7-10,15,19H,4-6,11-14,16-17H2,1-3H3. The fourth-order valence-electron chi connectivity index (χ4n) is 4.23. The van der Waals surface area contributed by atoms with E-state index in [-0.39, 0.29) is 48.2 Å². The zero-order chi connectivity index (χ0) is 27.7. The van der Waals surface area contributed by atoms with Gasteiger partial charge in [-0.1, -0.05) is 35.3 Å². The lowest BCUT2D eigenvalue weighted by molar-refractivity contribution is -0.0220. The molecule has 4 rings (SSSR count). The molecule has 1 aliphatic carbocycles. The fraction of sp³-hybridized carbons (Fsp3) is 0.500. The van der Waals surface area contributed by atoms with Crippen molar-refractivity contribution in [3.8, 4) is 0 Å². The second kappa shape index (κ2) is 11.6. The maximum Gasteiger partial charge on any atom is 0.415 e. The number of rotatable bonds is 8. The van der Waals surface area contributed by atoms with Gasteiger partial charge in [-0.3, -0.25) is 9.89 Å². The molecule has 2 aromatic carbocycles. The van der Waals surface area contributed by atoms with Crippen LogP contribution in [-0.4, -0.2) is 43.2 Å². The number of halogens is 4. The van der Waals surface area contributed by atoms with Crippen LogP contribution in [0.3, 0.4) is 0 Å². The molecule has 0 aromatic heterocycles. The van der Waals surface area contributed by atoms with E-state index in [1.165, 1.54) is 22.6 Å². The monoisotopic (exact) mass is 583 g/mol. The van der Waals surface area contributed by atoms with Crippen molar-refractivity contribution < 1.29 is 18.3 Å². The average molecular weight is 585 g/mol. The minimum Gasteiger partial charge on any atom is -0.443 e. The molecule has 0 atom stereocenters. The second-order valence-corrected chi connectivity index (χ2v) is 12.7. The quantitative estimate of drug-likeness (QED) is 0.230. The van der Waals surface area contributed by atoms with Crippen LogP contribution < -0.4 is 9.80 Å². The first kappa shape index (κ1) is 29.0. The number of amides is 1. The van der Waals surface area contributed by atoms with Gasteiger partial charge in [-0.2, -0.15) is 0 Å². The largest absolute Gasteiger partial charge is 0.443 e. The lowest BCUT2D eigenvalue weighted by Gasteiger charge is -2.36. The molecule has 1 aliphatic heterocycles. The smallest absolute Gasteiger partial charge is 0.415 e. The molecule has 0 spiro atoms. The molecule has 2 aromatic rings. The van der Waals surface area contributed by atoms with Gasteiger partial charge in [-0.15, -0.1) is 11.8 Å². The number of piperidine rings is 1. The Labute approximate surface area is 237 Å². The van der Waals surface area contributed by atoms with Crippen LogP contribution in [0.15, 0.2) is 40.2 Å². The fourth-order valence-corrected chi connectivity index (χ4v) is 6.11. The Hall–Kier alpha value is -2.03. The van der Waals surface area contributed by atoms with Gasteiger partial charge in [0.1, 0.15) is 5.60 Å². The van der Waals surface area contributed by atoms with Crippen molar-refractivity contribution in [1.82, 2.24) is 0 Å². The van der Waals surface area contributed by atoms with Gasteiger partial charge in [0, 0.05) is 36.6 Å². The van der Waals surface area contributed by atoms with Gasteiger partial charge in [0.05, 0.1) is 33.7 Å². The number of nitrogens with zero attached hydrogens (tertiary/aromatic N) is 3. The average Bonchev–Trinajstić information content (AvgIpc) is 3.66. The maximum absolute atomic E-state index is 13.9. The summed E-state index contributed by atoms with van der Waals surface area (Å²) in [5.74, 6) is -0.796. The van der Waals surface area contributed by atoms with E-state index in [2.05, 4.69) is 11.7 Å². The Morgan fingerprint density at radius 2 is 1.84 bits per heavy atom. The molecule has 1 amide bonds. The first-order valence-corrected chi connectivity index (χ1v) is 14.4. The number of aliphatic imine (C=N–C) groups is 1. The van der Waals surface area contributed by atoms with E-state index in [4.69, 9.17) is 27.9 Å². The van der Waals surface area contributed by atoms with Crippen LogP contribution in [0.2, 0.25) is 10.0 Å². The van der Waals surface area contributed by atoms with E-state index >= 15 is 0 Å². The molecule has 5 nitrogen and oxygen atoms in total. The molecular formula is C28H33Cl2F2N3O2S. The molecule has 1 heterocycles. The van der Waals surface area contributed by atoms with Crippen molar-refractivity contribution in [2.45, 2.75) is 69.4 Å². The number of thioether (sulfide) groups is 1. The third-order valence-corrected chi connectivity index (χ3v) is 8.35. The van der Waals surface area contributed by atoms with Crippen molar-refractivity contribution in [1.29, 1.82) is 0 Å². The van der Waals surface area contributed by atoms with E-state index in [1.807, 2.05) is 36.0 Å². The van der Waals surface area contributed by atoms with Crippen molar-refractivity contribution in [3.05, 3.63) is 45.9 Å². The Balaban J connectivity index is 1.70. The summed E-state index contributed by atoms with van der Waals surface area (Å²) in [4.78, 5) is 21.9. The summed E-state index contributed by atoms with van der Waals surface area (Å²) < 4.78 is 33.5. The molecule has 2 fully saturated rings. The van der Waals surface area contributed by atoms with Crippen LogP contribution in [0.25, 0.3) is 0 Å². The Bertz CT molecular complexity index is 1170. The minimum absolute atomic E-state index is 0.0825. The number of hydrogen-bond acceptors (Lipinski definition) is 5. The molecule has 206 valence electrons. The van der Waals surface area contributed by atoms with E-state index in [1.54, 1.807) is 31.7 Å². The normalized spacial score (nSPS) is 17.3.